The van der Waals surface area contributed by atoms with Gasteiger partial charge in [0.2, 0.25) is 5.91 Å². The fraction of sp³-hybridized carbons (Fsp3) is 0.560. The van der Waals surface area contributed by atoms with Gasteiger partial charge in [-0.25, -0.2) is 14.4 Å². The topological polar surface area (TPSA) is 61.4 Å². The summed E-state index contributed by atoms with van der Waals surface area (Å²) in [6, 6.07) is 7.62. The number of carbonyl (C=O) groups excluding carboxylic acids is 1. The van der Waals surface area contributed by atoms with Gasteiger partial charge in [-0.15, -0.1) is 24.8 Å². The van der Waals surface area contributed by atoms with E-state index in [4.69, 9.17) is 11.6 Å². The summed E-state index contributed by atoms with van der Waals surface area (Å²) in [5.41, 5.74) is 2.47. The monoisotopic (exact) mass is 543 g/mol. The van der Waals surface area contributed by atoms with Gasteiger partial charge in [-0.1, -0.05) is 30.7 Å². The van der Waals surface area contributed by atoms with Crippen LogP contribution < -0.4 is 10.2 Å². The number of nitrogens with one attached hydrogen (secondary N) is 1. The SMILES string of the molecule is C[C@@H]1C[C@@H](F)c2ncnc(N3CCN(C(=O)[C@H](CNCC4CC4)c4ccc(Cl)cc4)CC3)c21.Cl.Cl. The standard InChI is InChI=1S/C25H31ClFN5O.2ClH/c1-16-12-21(27)23-22(16)24(30-15-29-23)31-8-10-32(11-9-31)25(33)20(14-28-13-17-2-3-17)18-4-6-19(26)7-5-18;;/h4-7,15-17,20-21,28H,2-3,8-14H2,1H3;2*1H/t16-,20-,21-;;/m1../s1. The van der Waals surface area contributed by atoms with E-state index in [1.807, 2.05) is 36.1 Å². The van der Waals surface area contributed by atoms with Crippen LogP contribution in [0.3, 0.4) is 0 Å². The Bertz CT molecular complexity index is 999. The summed E-state index contributed by atoms with van der Waals surface area (Å²) in [7, 11) is 0. The van der Waals surface area contributed by atoms with Gasteiger partial charge in [0.15, 0.2) is 0 Å². The number of rotatable bonds is 7. The largest absolute Gasteiger partial charge is 0.353 e. The lowest BCUT2D eigenvalue weighted by molar-refractivity contribution is -0.133. The molecule has 2 fully saturated rings. The Kier molecular flexibility index (Phi) is 9.60. The summed E-state index contributed by atoms with van der Waals surface area (Å²) < 4.78 is 14.3. The molecular weight excluding hydrogens is 512 g/mol. The first-order valence-corrected chi connectivity index (χ1v) is 12.4. The van der Waals surface area contributed by atoms with Crippen LogP contribution in [0.25, 0.3) is 0 Å². The second-order valence-corrected chi connectivity index (χ2v) is 10.1. The molecule has 2 aromatic rings. The number of hydrogen-bond donors (Lipinski definition) is 1. The lowest BCUT2D eigenvalue weighted by Crippen LogP contribution is -2.51. The third kappa shape index (κ3) is 6.19. The molecule has 3 atom stereocenters. The molecule has 10 heteroatoms. The number of halogens is 4. The summed E-state index contributed by atoms with van der Waals surface area (Å²) in [4.78, 5) is 26.4. The molecule has 1 amide bonds. The normalized spacial score (nSPS) is 22.1. The van der Waals surface area contributed by atoms with Crippen LogP contribution in [0.5, 0.6) is 0 Å². The molecule has 0 radical (unpaired) electrons. The van der Waals surface area contributed by atoms with Gasteiger partial charge in [0.1, 0.15) is 18.3 Å². The average molecular weight is 545 g/mol. The molecule has 5 rings (SSSR count). The van der Waals surface area contributed by atoms with Crippen LogP contribution in [0.15, 0.2) is 30.6 Å². The molecule has 6 nitrogen and oxygen atoms in total. The van der Waals surface area contributed by atoms with Crippen LogP contribution in [0.2, 0.25) is 5.02 Å². The van der Waals surface area contributed by atoms with Crippen molar-refractivity contribution in [2.24, 2.45) is 5.92 Å². The Balaban J connectivity index is 0.00000171. The molecule has 0 bridgehead atoms. The molecule has 192 valence electrons. The van der Waals surface area contributed by atoms with E-state index >= 15 is 0 Å². The van der Waals surface area contributed by atoms with Crippen LogP contribution in [0.4, 0.5) is 10.2 Å². The molecule has 0 unspecified atom stereocenters. The van der Waals surface area contributed by atoms with Gasteiger partial charge < -0.3 is 15.1 Å². The molecule has 2 heterocycles. The summed E-state index contributed by atoms with van der Waals surface area (Å²) in [5.74, 6) is 1.61. The molecule has 1 aliphatic heterocycles. The number of anilines is 1. The van der Waals surface area contributed by atoms with Crippen LogP contribution in [-0.2, 0) is 4.79 Å². The quantitative estimate of drug-likeness (QED) is 0.536. The Hall–Kier alpha value is -1.67. The van der Waals surface area contributed by atoms with Crippen LogP contribution in [0, 0.1) is 5.92 Å². The number of piperazine rings is 1. The molecule has 1 saturated heterocycles. The van der Waals surface area contributed by atoms with E-state index in [1.54, 1.807) is 0 Å². The maximum absolute atomic E-state index is 14.3. The van der Waals surface area contributed by atoms with E-state index in [9.17, 15) is 9.18 Å². The first-order chi connectivity index (χ1) is 16.0. The number of hydrogen-bond acceptors (Lipinski definition) is 5. The molecule has 0 spiro atoms. The third-order valence-electron chi connectivity index (χ3n) is 7.18. The van der Waals surface area contributed by atoms with Crippen LogP contribution in [-0.4, -0.2) is 60.0 Å². The molecule has 2 aliphatic carbocycles. The highest BCUT2D eigenvalue weighted by Crippen LogP contribution is 2.44. The van der Waals surface area contributed by atoms with Gasteiger partial charge in [-0.3, -0.25) is 4.79 Å². The van der Waals surface area contributed by atoms with Crippen molar-refractivity contribution in [3.63, 3.8) is 0 Å². The van der Waals surface area contributed by atoms with E-state index in [0.717, 1.165) is 29.4 Å². The summed E-state index contributed by atoms with van der Waals surface area (Å²) >= 11 is 6.08. The zero-order valence-corrected chi connectivity index (χ0v) is 22.2. The van der Waals surface area contributed by atoms with Gasteiger partial charge in [0, 0.05) is 43.3 Å². The highest BCUT2D eigenvalue weighted by Gasteiger charge is 2.36. The van der Waals surface area contributed by atoms with Crippen molar-refractivity contribution in [3.8, 4) is 0 Å². The number of alkyl halides is 1. The van der Waals surface area contributed by atoms with Crippen LogP contribution >= 0.6 is 36.4 Å². The van der Waals surface area contributed by atoms with E-state index in [1.165, 1.54) is 19.2 Å². The molecule has 1 aromatic carbocycles. The molecule has 35 heavy (non-hydrogen) atoms. The zero-order chi connectivity index (χ0) is 22.9. The number of amides is 1. The summed E-state index contributed by atoms with van der Waals surface area (Å²) in [6.45, 7) is 6.25. The highest BCUT2D eigenvalue weighted by molar-refractivity contribution is 6.30. The Morgan fingerprint density at radius 3 is 2.49 bits per heavy atom. The first kappa shape index (κ1) is 27.9. The fourth-order valence-electron chi connectivity index (χ4n) is 5.07. The number of carbonyl (C=O) groups is 1. The number of fused-ring (bicyclic) bond motifs is 1. The molecule has 1 aromatic heterocycles. The van der Waals surface area contributed by atoms with Crippen molar-refractivity contribution >= 4 is 48.1 Å². The van der Waals surface area contributed by atoms with Gasteiger partial charge >= 0.3 is 0 Å². The lowest BCUT2D eigenvalue weighted by atomic mass is 9.97. The number of benzene rings is 1. The first-order valence-electron chi connectivity index (χ1n) is 12.0. The minimum absolute atomic E-state index is 0. The van der Waals surface area contributed by atoms with Crippen LogP contribution in [0.1, 0.15) is 61.0 Å². The highest BCUT2D eigenvalue weighted by atomic mass is 35.5. The van der Waals surface area contributed by atoms with Crippen molar-refractivity contribution in [1.82, 2.24) is 20.2 Å². The lowest BCUT2D eigenvalue weighted by Gasteiger charge is -2.38. The van der Waals surface area contributed by atoms with Crippen molar-refractivity contribution in [3.05, 3.63) is 52.4 Å². The third-order valence-corrected chi connectivity index (χ3v) is 7.44. The van der Waals surface area contributed by atoms with E-state index < -0.39 is 6.17 Å². The van der Waals surface area contributed by atoms with E-state index in [2.05, 4.69) is 20.2 Å². The Morgan fingerprint density at radius 1 is 1.14 bits per heavy atom. The molecule has 1 saturated carbocycles. The van der Waals surface area contributed by atoms with Gasteiger partial charge in [0.25, 0.3) is 0 Å². The van der Waals surface area contributed by atoms with Gasteiger partial charge in [0.05, 0.1) is 11.6 Å². The smallest absolute Gasteiger partial charge is 0.231 e. The van der Waals surface area contributed by atoms with Gasteiger partial charge in [-0.05, 0) is 55.3 Å². The minimum Gasteiger partial charge on any atom is -0.353 e. The number of aromatic nitrogens is 2. The summed E-state index contributed by atoms with van der Waals surface area (Å²) in [5, 5.41) is 4.18. The second kappa shape index (κ2) is 12.0. The second-order valence-electron chi connectivity index (χ2n) is 9.62. The maximum Gasteiger partial charge on any atom is 0.231 e. The van der Waals surface area contributed by atoms with Gasteiger partial charge in [-0.2, -0.15) is 0 Å². The minimum atomic E-state index is -1.01. The molecule has 3 aliphatic rings. The molecule has 1 N–H and O–H groups in total. The zero-order valence-electron chi connectivity index (χ0n) is 19.8. The van der Waals surface area contributed by atoms with Crippen molar-refractivity contribution in [2.75, 3.05) is 44.2 Å². The van der Waals surface area contributed by atoms with E-state index in [-0.39, 0.29) is 42.6 Å². The maximum atomic E-state index is 14.3. The predicted molar refractivity (Wildman–Crippen MR) is 142 cm³/mol. The Morgan fingerprint density at radius 2 is 1.83 bits per heavy atom. The number of nitrogens with zero attached hydrogens (tertiary/aromatic N) is 4. The fourth-order valence-corrected chi connectivity index (χ4v) is 5.20. The van der Waals surface area contributed by atoms with E-state index in [0.29, 0.717) is 49.9 Å². The van der Waals surface area contributed by atoms with Crippen molar-refractivity contribution < 1.29 is 9.18 Å². The summed E-state index contributed by atoms with van der Waals surface area (Å²) in [6.07, 6.45) is 3.49. The average Bonchev–Trinajstić information content (AvgIpc) is 3.61. The predicted octanol–water partition coefficient (Wildman–Crippen LogP) is 4.92. The van der Waals surface area contributed by atoms with Crippen molar-refractivity contribution in [2.45, 2.75) is 44.2 Å². The Labute approximate surface area is 223 Å². The molecular formula is C25H33Cl3FN5O. The van der Waals surface area contributed by atoms with Crippen molar-refractivity contribution in [1.29, 1.82) is 0 Å².